The SMILES string of the molecule is CCc1ccccc1-c1noc(N)c1-c1ccccn1. The Bertz CT molecular complexity index is 720. The number of nitrogens with zero attached hydrogens (tertiary/aromatic N) is 2. The fourth-order valence-electron chi connectivity index (χ4n) is 2.30. The zero-order chi connectivity index (χ0) is 13.9. The van der Waals surface area contributed by atoms with Crippen molar-refractivity contribution >= 4 is 5.88 Å². The third-order valence-electron chi connectivity index (χ3n) is 3.29. The van der Waals surface area contributed by atoms with Gasteiger partial charge in [-0.1, -0.05) is 42.4 Å². The smallest absolute Gasteiger partial charge is 0.232 e. The van der Waals surface area contributed by atoms with Crippen molar-refractivity contribution in [1.82, 2.24) is 10.1 Å². The molecule has 4 heteroatoms. The third-order valence-corrected chi connectivity index (χ3v) is 3.29. The molecule has 2 aromatic heterocycles. The summed E-state index contributed by atoms with van der Waals surface area (Å²) in [6.07, 6.45) is 2.65. The first-order chi connectivity index (χ1) is 9.81. The summed E-state index contributed by atoms with van der Waals surface area (Å²) in [5.74, 6) is 0.296. The minimum atomic E-state index is 0.296. The number of benzene rings is 1. The molecular formula is C16H15N3O. The largest absolute Gasteiger partial charge is 0.367 e. The van der Waals surface area contributed by atoms with Gasteiger partial charge in [0, 0.05) is 11.8 Å². The summed E-state index contributed by atoms with van der Waals surface area (Å²) in [6.45, 7) is 2.11. The maximum atomic E-state index is 5.93. The molecule has 0 radical (unpaired) electrons. The summed E-state index contributed by atoms with van der Waals surface area (Å²) in [4.78, 5) is 4.34. The highest BCUT2D eigenvalue weighted by Crippen LogP contribution is 2.36. The van der Waals surface area contributed by atoms with E-state index in [1.165, 1.54) is 5.56 Å². The fourth-order valence-corrected chi connectivity index (χ4v) is 2.30. The number of anilines is 1. The van der Waals surface area contributed by atoms with Crippen LogP contribution in [0, 0.1) is 0 Å². The number of hydrogen-bond acceptors (Lipinski definition) is 4. The Hall–Kier alpha value is -2.62. The second kappa shape index (κ2) is 5.17. The maximum Gasteiger partial charge on any atom is 0.232 e. The molecular weight excluding hydrogens is 250 g/mol. The van der Waals surface area contributed by atoms with Crippen LogP contribution in [0.2, 0.25) is 0 Å². The first-order valence-corrected chi connectivity index (χ1v) is 6.56. The average Bonchev–Trinajstić information content (AvgIpc) is 2.89. The molecule has 0 amide bonds. The molecule has 2 N–H and O–H groups in total. The molecule has 0 atom stereocenters. The van der Waals surface area contributed by atoms with E-state index in [9.17, 15) is 0 Å². The van der Waals surface area contributed by atoms with E-state index >= 15 is 0 Å². The number of pyridine rings is 1. The molecule has 0 aliphatic carbocycles. The van der Waals surface area contributed by atoms with Crippen molar-refractivity contribution in [2.45, 2.75) is 13.3 Å². The summed E-state index contributed by atoms with van der Waals surface area (Å²) in [5.41, 5.74) is 10.5. The van der Waals surface area contributed by atoms with Gasteiger partial charge in [-0.25, -0.2) is 0 Å². The van der Waals surface area contributed by atoms with Crippen molar-refractivity contribution in [1.29, 1.82) is 0 Å². The van der Waals surface area contributed by atoms with Crippen LogP contribution in [0.15, 0.2) is 53.2 Å². The first kappa shape index (κ1) is 12.4. The molecule has 0 saturated heterocycles. The molecule has 0 aliphatic heterocycles. The van der Waals surface area contributed by atoms with E-state index in [0.29, 0.717) is 5.88 Å². The minimum Gasteiger partial charge on any atom is -0.367 e. The number of hydrogen-bond donors (Lipinski definition) is 1. The molecule has 0 saturated carbocycles. The van der Waals surface area contributed by atoms with Gasteiger partial charge in [-0.15, -0.1) is 0 Å². The third kappa shape index (κ3) is 2.05. The van der Waals surface area contributed by atoms with Gasteiger partial charge >= 0.3 is 0 Å². The predicted molar refractivity (Wildman–Crippen MR) is 79.0 cm³/mol. The van der Waals surface area contributed by atoms with E-state index in [0.717, 1.165) is 28.9 Å². The van der Waals surface area contributed by atoms with Crippen LogP contribution < -0.4 is 5.73 Å². The molecule has 3 aromatic rings. The van der Waals surface area contributed by atoms with E-state index in [2.05, 4.69) is 23.1 Å². The fraction of sp³-hybridized carbons (Fsp3) is 0.125. The van der Waals surface area contributed by atoms with Gasteiger partial charge in [-0.2, -0.15) is 0 Å². The lowest BCUT2D eigenvalue weighted by molar-refractivity contribution is 0.439. The van der Waals surface area contributed by atoms with E-state index < -0.39 is 0 Å². The van der Waals surface area contributed by atoms with Gasteiger partial charge in [0.2, 0.25) is 5.88 Å². The highest BCUT2D eigenvalue weighted by molar-refractivity contribution is 5.86. The number of aromatic nitrogens is 2. The second-order valence-corrected chi connectivity index (χ2v) is 4.50. The molecule has 0 bridgehead atoms. The van der Waals surface area contributed by atoms with Crippen LogP contribution in [0.25, 0.3) is 22.5 Å². The van der Waals surface area contributed by atoms with E-state index in [4.69, 9.17) is 10.3 Å². The Morgan fingerprint density at radius 3 is 2.65 bits per heavy atom. The van der Waals surface area contributed by atoms with Gasteiger partial charge in [0.05, 0.1) is 11.3 Å². The Balaban J connectivity index is 2.22. The van der Waals surface area contributed by atoms with E-state index in [-0.39, 0.29) is 0 Å². The second-order valence-electron chi connectivity index (χ2n) is 4.50. The van der Waals surface area contributed by atoms with Gasteiger partial charge in [-0.3, -0.25) is 4.98 Å². The van der Waals surface area contributed by atoms with Crippen LogP contribution in [-0.2, 0) is 6.42 Å². The van der Waals surface area contributed by atoms with Crippen molar-refractivity contribution in [3.05, 3.63) is 54.2 Å². The quantitative estimate of drug-likeness (QED) is 0.786. The average molecular weight is 265 g/mol. The molecule has 20 heavy (non-hydrogen) atoms. The molecule has 1 aromatic carbocycles. The van der Waals surface area contributed by atoms with E-state index in [1.54, 1.807) is 6.20 Å². The lowest BCUT2D eigenvalue weighted by Crippen LogP contribution is -1.92. The summed E-state index contributed by atoms with van der Waals surface area (Å²) in [7, 11) is 0. The molecule has 4 nitrogen and oxygen atoms in total. The lowest BCUT2D eigenvalue weighted by Gasteiger charge is -2.06. The molecule has 2 heterocycles. The van der Waals surface area contributed by atoms with Crippen LogP contribution in [0.4, 0.5) is 5.88 Å². The van der Waals surface area contributed by atoms with Crippen LogP contribution >= 0.6 is 0 Å². The minimum absolute atomic E-state index is 0.296. The standard InChI is InChI=1S/C16H15N3O/c1-2-11-7-3-4-8-12(11)15-14(16(17)20-19-15)13-9-5-6-10-18-13/h3-10H,2,17H2,1H3. The Morgan fingerprint density at radius 2 is 1.90 bits per heavy atom. The van der Waals surface area contributed by atoms with Crippen molar-refractivity contribution in [3.8, 4) is 22.5 Å². The Morgan fingerprint density at radius 1 is 1.10 bits per heavy atom. The molecule has 0 spiro atoms. The summed E-state index contributed by atoms with van der Waals surface area (Å²) >= 11 is 0. The molecule has 100 valence electrons. The number of aryl methyl sites for hydroxylation is 1. The van der Waals surface area contributed by atoms with Crippen LogP contribution in [0.5, 0.6) is 0 Å². The number of rotatable bonds is 3. The van der Waals surface area contributed by atoms with Crippen LogP contribution in [0.3, 0.4) is 0 Å². The topological polar surface area (TPSA) is 64.9 Å². The van der Waals surface area contributed by atoms with Crippen molar-refractivity contribution < 1.29 is 4.52 Å². The Labute approximate surface area is 117 Å². The van der Waals surface area contributed by atoms with Crippen molar-refractivity contribution in [3.63, 3.8) is 0 Å². The molecule has 3 rings (SSSR count). The monoisotopic (exact) mass is 265 g/mol. The summed E-state index contributed by atoms with van der Waals surface area (Å²) < 4.78 is 5.19. The van der Waals surface area contributed by atoms with Gasteiger partial charge in [0.15, 0.2) is 0 Å². The number of nitrogen functional groups attached to an aromatic ring is 1. The van der Waals surface area contributed by atoms with Crippen LogP contribution in [0.1, 0.15) is 12.5 Å². The molecule has 0 fully saturated rings. The highest BCUT2D eigenvalue weighted by Gasteiger charge is 2.19. The highest BCUT2D eigenvalue weighted by atomic mass is 16.5. The normalized spacial score (nSPS) is 10.7. The number of nitrogens with two attached hydrogens (primary N) is 1. The predicted octanol–water partition coefficient (Wildman–Crippen LogP) is 3.55. The maximum absolute atomic E-state index is 5.93. The summed E-state index contributed by atoms with van der Waals surface area (Å²) in [5, 5.41) is 4.13. The molecule has 0 aliphatic rings. The van der Waals surface area contributed by atoms with Crippen molar-refractivity contribution in [2.24, 2.45) is 0 Å². The van der Waals surface area contributed by atoms with E-state index in [1.807, 2.05) is 36.4 Å². The van der Waals surface area contributed by atoms with Gasteiger partial charge in [-0.05, 0) is 24.1 Å². The van der Waals surface area contributed by atoms with Gasteiger partial charge in [0.25, 0.3) is 0 Å². The zero-order valence-electron chi connectivity index (χ0n) is 11.2. The molecule has 0 unspecified atom stereocenters. The first-order valence-electron chi connectivity index (χ1n) is 6.56. The van der Waals surface area contributed by atoms with Gasteiger partial charge in [0.1, 0.15) is 5.69 Å². The lowest BCUT2D eigenvalue weighted by atomic mass is 9.98. The van der Waals surface area contributed by atoms with Gasteiger partial charge < -0.3 is 10.3 Å². The van der Waals surface area contributed by atoms with Crippen LogP contribution in [-0.4, -0.2) is 10.1 Å². The summed E-state index contributed by atoms with van der Waals surface area (Å²) in [6, 6.07) is 13.8. The Kier molecular flexibility index (Phi) is 3.21. The zero-order valence-corrected chi connectivity index (χ0v) is 11.2. The van der Waals surface area contributed by atoms with Crippen molar-refractivity contribution in [2.75, 3.05) is 5.73 Å².